The highest BCUT2D eigenvalue weighted by Crippen LogP contribution is 2.50. The van der Waals surface area contributed by atoms with Gasteiger partial charge in [-0.05, 0) is 108 Å². The smallest absolute Gasteiger partial charge is 0.0547 e. The van der Waals surface area contributed by atoms with Crippen molar-refractivity contribution in [2.75, 3.05) is 0 Å². The first-order valence-corrected chi connectivity index (χ1v) is 16.2. The first-order chi connectivity index (χ1) is 22.6. The summed E-state index contributed by atoms with van der Waals surface area (Å²) in [5.41, 5.74) is 11.7. The molecule has 0 radical (unpaired) electrons. The third-order valence-electron chi connectivity index (χ3n) is 10.6. The maximum atomic E-state index is 2.44. The standard InChI is InChI=1S/C45H31N/c1-45(2)41-18-10-8-16-34(41)35-23-21-29(25-42(35)45)28-20-22-33-37(24-28)31-14-6-7-15-32(31)39-27-44-40(26-38(33)39)36-17-9-11-19-43(36)46(44)30-12-4-3-5-13-30/h3-27H,1-2H3. The minimum atomic E-state index is -0.0218. The lowest BCUT2D eigenvalue weighted by Crippen LogP contribution is -2.14. The Balaban J connectivity index is 1.25. The number of fused-ring (bicyclic) bond motifs is 12. The molecule has 1 nitrogen and oxygen atoms in total. The largest absolute Gasteiger partial charge is 0.309 e. The summed E-state index contributed by atoms with van der Waals surface area (Å²) in [6, 6.07) is 56.4. The zero-order chi connectivity index (χ0) is 30.6. The van der Waals surface area contributed by atoms with E-state index in [0.29, 0.717) is 0 Å². The summed E-state index contributed by atoms with van der Waals surface area (Å²) < 4.78 is 2.42. The summed E-state index contributed by atoms with van der Waals surface area (Å²) in [6.45, 7) is 4.72. The molecule has 1 heteroatoms. The SMILES string of the molecule is CC1(C)c2ccccc2-c2ccc(-c3ccc4c(c3)c3ccccc3c3cc5c(cc43)c3ccccc3n5-c3ccccc3)cc21. The lowest BCUT2D eigenvalue weighted by Gasteiger charge is -2.22. The van der Waals surface area contributed by atoms with E-state index in [9.17, 15) is 0 Å². The molecule has 0 unspecified atom stereocenters. The number of nitrogens with zero attached hydrogens (tertiary/aromatic N) is 1. The fourth-order valence-electron chi connectivity index (χ4n) is 8.33. The molecule has 0 spiro atoms. The maximum Gasteiger partial charge on any atom is 0.0547 e. The van der Waals surface area contributed by atoms with Crippen LogP contribution in [0.5, 0.6) is 0 Å². The van der Waals surface area contributed by atoms with Gasteiger partial charge in [-0.2, -0.15) is 0 Å². The number of benzene rings is 8. The molecule has 0 bridgehead atoms. The van der Waals surface area contributed by atoms with Crippen LogP contribution in [0.3, 0.4) is 0 Å². The topological polar surface area (TPSA) is 4.93 Å². The molecule has 8 aromatic carbocycles. The van der Waals surface area contributed by atoms with Crippen molar-refractivity contribution < 1.29 is 0 Å². The van der Waals surface area contributed by atoms with E-state index in [4.69, 9.17) is 0 Å². The molecule has 1 aliphatic carbocycles. The predicted octanol–water partition coefficient (Wildman–Crippen LogP) is 12.2. The zero-order valence-electron chi connectivity index (χ0n) is 25.9. The molecule has 0 N–H and O–H groups in total. The van der Waals surface area contributed by atoms with Gasteiger partial charge >= 0.3 is 0 Å². The first kappa shape index (κ1) is 25.6. The Morgan fingerprint density at radius 3 is 1.78 bits per heavy atom. The number of hydrogen-bond acceptors (Lipinski definition) is 0. The van der Waals surface area contributed by atoms with Gasteiger partial charge in [0.05, 0.1) is 11.0 Å². The van der Waals surface area contributed by atoms with E-state index in [1.807, 2.05) is 0 Å². The van der Waals surface area contributed by atoms with Crippen molar-refractivity contribution in [3.05, 3.63) is 163 Å². The summed E-state index contributed by atoms with van der Waals surface area (Å²) in [5.74, 6) is 0. The summed E-state index contributed by atoms with van der Waals surface area (Å²) >= 11 is 0. The Labute approximate surface area is 268 Å². The number of para-hydroxylation sites is 2. The minimum Gasteiger partial charge on any atom is -0.309 e. The normalized spacial score (nSPS) is 13.6. The molecular weight excluding hydrogens is 555 g/mol. The van der Waals surface area contributed by atoms with E-state index in [2.05, 4.69) is 170 Å². The average Bonchev–Trinajstić information content (AvgIpc) is 3.55. The van der Waals surface area contributed by atoms with Gasteiger partial charge in [0.25, 0.3) is 0 Å². The van der Waals surface area contributed by atoms with Crippen molar-refractivity contribution in [2.45, 2.75) is 19.3 Å². The van der Waals surface area contributed by atoms with Gasteiger partial charge in [0.15, 0.2) is 0 Å². The molecule has 0 fully saturated rings. The molecule has 0 aliphatic heterocycles. The van der Waals surface area contributed by atoms with E-state index < -0.39 is 0 Å². The Kier molecular flexibility index (Phi) is 5.12. The molecule has 0 saturated heterocycles. The van der Waals surface area contributed by atoms with Gasteiger partial charge in [-0.15, -0.1) is 0 Å². The van der Waals surface area contributed by atoms with E-state index in [1.54, 1.807) is 0 Å². The van der Waals surface area contributed by atoms with Gasteiger partial charge in [0.1, 0.15) is 0 Å². The zero-order valence-corrected chi connectivity index (χ0v) is 25.9. The minimum absolute atomic E-state index is 0.0218. The summed E-state index contributed by atoms with van der Waals surface area (Å²) in [4.78, 5) is 0. The molecule has 1 heterocycles. The van der Waals surface area contributed by atoms with Crippen molar-refractivity contribution >= 4 is 54.1 Å². The monoisotopic (exact) mass is 585 g/mol. The quantitative estimate of drug-likeness (QED) is 0.178. The van der Waals surface area contributed by atoms with Crippen LogP contribution in [0, 0.1) is 0 Å². The second kappa shape index (κ2) is 9.19. The molecule has 1 aromatic heterocycles. The van der Waals surface area contributed by atoms with Gasteiger partial charge in [0.2, 0.25) is 0 Å². The molecule has 46 heavy (non-hydrogen) atoms. The highest BCUT2D eigenvalue weighted by atomic mass is 15.0. The first-order valence-electron chi connectivity index (χ1n) is 16.2. The molecule has 0 amide bonds. The lowest BCUT2D eigenvalue weighted by molar-refractivity contribution is 0.660. The van der Waals surface area contributed by atoms with E-state index in [-0.39, 0.29) is 5.41 Å². The fraction of sp³-hybridized carbons (Fsp3) is 0.0667. The highest BCUT2D eigenvalue weighted by molar-refractivity contribution is 6.29. The molecule has 1 aliphatic rings. The summed E-state index contributed by atoms with van der Waals surface area (Å²) in [6.07, 6.45) is 0. The van der Waals surface area contributed by atoms with Gasteiger partial charge in [-0.1, -0.05) is 123 Å². The third kappa shape index (κ3) is 3.40. The molecular formula is C45H31N. The number of aromatic nitrogens is 1. The van der Waals surface area contributed by atoms with Crippen molar-refractivity contribution in [1.29, 1.82) is 0 Å². The van der Waals surface area contributed by atoms with Crippen molar-refractivity contribution in [2.24, 2.45) is 0 Å². The molecule has 9 aromatic rings. The van der Waals surface area contributed by atoms with Crippen LogP contribution in [0.15, 0.2) is 152 Å². The van der Waals surface area contributed by atoms with Gasteiger partial charge in [-0.3, -0.25) is 0 Å². The van der Waals surface area contributed by atoms with Crippen LogP contribution in [-0.4, -0.2) is 4.57 Å². The molecule has 216 valence electrons. The van der Waals surface area contributed by atoms with Crippen LogP contribution in [0.1, 0.15) is 25.0 Å². The Morgan fingerprint density at radius 2 is 0.957 bits per heavy atom. The van der Waals surface area contributed by atoms with E-state index >= 15 is 0 Å². The molecule has 0 atom stereocenters. The van der Waals surface area contributed by atoms with Crippen LogP contribution in [0.25, 0.3) is 82.1 Å². The second-order valence-electron chi connectivity index (χ2n) is 13.3. The number of rotatable bonds is 2. The fourth-order valence-corrected chi connectivity index (χ4v) is 8.33. The van der Waals surface area contributed by atoms with Crippen LogP contribution < -0.4 is 0 Å². The number of hydrogen-bond donors (Lipinski definition) is 0. The van der Waals surface area contributed by atoms with E-state index in [1.165, 1.54) is 93.2 Å². The second-order valence-corrected chi connectivity index (χ2v) is 13.3. The van der Waals surface area contributed by atoms with Crippen LogP contribution in [0.2, 0.25) is 0 Å². The van der Waals surface area contributed by atoms with Gasteiger partial charge in [0, 0.05) is 21.9 Å². The average molecular weight is 586 g/mol. The lowest BCUT2D eigenvalue weighted by atomic mass is 9.81. The summed E-state index contributed by atoms with van der Waals surface area (Å²) in [5, 5.41) is 10.3. The Morgan fingerprint density at radius 1 is 0.370 bits per heavy atom. The highest BCUT2D eigenvalue weighted by Gasteiger charge is 2.35. The molecule has 0 saturated carbocycles. The summed E-state index contributed by atoms with van der Waals surface area (Å²) in [7, 11) is 0. The van der Waals surface area contributed by atoms with Gasteiger partial charge in [-0.25, -0.2) is 0 Å². The van der Waals surface area contributed by atoms with Gasteiger partial charge < -0.3 is 4.57 Å². The predicted molar refractivity (Wildman–Crippen MR) is 196 cm³/mol. The van der Waals surface area contributed by atoms with E-state index in [0.717, 1.165) is 0 Å². The maximum absolute atomic E-state index is 2.44. The van der Waals surface area contributed by atoms with Crippen molar-refractivity contribution in [3.63, 3.8) is 0 Å². The van der Waals surface area contributed by atoms with Crippen LogP contribution in [-0.2, 0) is 5.41 Å². The van der Waals surface area contributed by atoms with Crippen LogP contribution in [0.4, 0.5) is 0 Å². The Hall–Kier alpha value is -5.66. The van der Waals surface area contributed by atoms with Crippen molar-refractivity contribution in [3.8, 4) is 27.9 Å². The Bertz CT molecular complexity index is 2710. The van der Waals surface area contributed by atoms with Crippen molar-refractivity contribution in [1.82, 2.24) is 4.57 Å². The van der Waals surface area contributed by atoms with Crippen LogP contribution >= 0.6 is 0 Å². The third-order valence-corrected chi connectivity index (χ3v) is 10.6. The molecule has 10 rings (SSSR count).